The second kappa shape index (κ2) is 4.73. The molecule has 1 saturated heterocycles. The van der Waals surface area contributed by atoms with Crippen molar-refractivity contribution in [2.45, 2.75) is 18.9 Å². The number of hydrogen-bond acceptors (Lipinski definition) is 4. The van der Waals surface area contributed by atoms with Gasteiger partial charge >= 0.3 is 0 Å². The van der Waals surface area contributed by atoms with Crippen LogP contribution in [-0.2, 0) is 4.74 Å². The molecule has 5 heteroatoms. The number of rotatable bonds is 2. The summed E-state index contributed by atoms with van der Waals surface area (Å²) in [6, 6.07) is 8.03. The van der Waals surface area contributed by atoms with Crippen molar-refractivity contribution >= 4 is 22.6 Å². The average molecular weight is 342 g/mol. The molecule has 88 valence electrons. The van der Waals surface area contributed by atoms with Crippen LogP contribution in [0.15, 0.2) is 28.8 Å². The quantitative estimate of drug-likeness (QED) is 0.787. The Balaban J connectivity index is 1.89. The van der Waals surface area contributed by atoms with E-state index in [1.807, 2.05) is 24.3 Å². The first-order valence-corrected chi connectivity index (χ1v) is 6.62. The van der Waals surface area contributed by atoms with Crippen LogP contribution in [-0.4, -0.2) is 16.7 Å². The predicted octanol–water partition coefficient (Wildman–Crippen LogP) is 3.19. The average Bonchev–Trinajstić information content (AvgIpc) is 3.00. The third-order valence-corrected chi connectivity index (χ3v) is 3.40. The molecular weight excluding hydrogens is 331 g/mol. The van der Waals surface area contributed by atoms with Crippen LogP contribution in [0, 0.1) is 3.57 Å². The summed E-state index contributed by atoms with van der Waals surface area (Å²) in [4.78, 5) is 4.40. The Bertz CT molecular complexity index is 521. The molecule has 0 bridgehead atoms. The molecule has 0 unspecified atom stereocenters. The fraction of sp³-hybridized carbons (Fsp3) is 0.333. The lowest BCUT2D eigenvalue weighted by Crippen LogP contribution is -1.95. The van der Waals surface area contributed by atoms with Gasteiger partial charge in [0.05, 0.1) is 0 Å². The Morgan fingerprint density at radius 1 is 1.35 bits per heavy atom. The van der Waals surface area contributed by atoms with Gasteiger partial charge in [-0.15, -0.1) is 0 Å². The highest BCUT2D eigenvalue weighted by Gasteiger charge is 2.24. The van der Waals surface area contributed by atoms with Crippen LogP contribution in [0.25, 0.3) is 11.4 Å². The maximum absolute atomic E-state index is 5.51. The third-order valence-electron chi connectivity index (χ3n) is 2.73. The molecule has 1 aliphatic rings. The summed E-state index contributed by atoms with van der Waals surface area (Å²) in [5.74, 6) is 1.23. The summed E-state index contributed by atoms with van der Waals surface area (Å²) in [7, 11) is 0. The second-order valence-corrected chi connectivity index (χ2v) is 5.21. The molecule has 0 N–H and O–H groups in total. The smallest absolute Gasteiger partial charge is 0.256 e. The van der Waals surface area contributed by atoms with E-state index in [1.54, 1.807) is 0 Å². The van der Waals surface area contributed by atoms with Gasteiger partial charge in [-0.3, -0.25) is 0 Å². The van der Waals surface area contributed by atoms with Crippen LogP contribution in [0.2, 0.25) is 0 Å². The Labute approximate surface area is 113 Å². The number of ether oxygens (including phenoxy) is 1. The molecule has 1 atom stereocenters. The molecule has 0 amide bonds. The highest BCUT2D eigenvalue weighted by Crippen LogP contribution is 2.28. The largest absolute Gasteiger partial charge is 0.368 e. The normalized spacial score (nSPS) is 19.7. The standard InChI is InChI=1S/C12H11IN2O2/c13-9-4-1-3-8(7-9)11-14-12(17-15-11)10-5-2-6-16-10/h1,3-4,7,10H,2,5-6H2/t10-/m1/s1. The molecule has 3 rings (SSSR count). The van der Waals surface area contributed by atoms with Crippen molar-refractivity contribution in [3.63, 3.8) is 0 Å². The minimum atomic E-state index is -0.0148. The predicted molar refractivity (Wildman–Crippen MR) is 70.4 cm³/mol. The van der Waals surface area contributed by atoms with Gasteiger partial charge < -0.3 is 9.26 Å². The molecule has 0 aliphatic carbocycles. The molecular formula is C12H11IN2O2. The first-order chi connectivity index (χ1) is 8.33. The van der Waals surface area contributed by atoms with Gasteiger partial charge in [-0.2, -0.15) is 4.98 Å². The number of hydrogen-bond donors (Lipinski definition) is 0. The number of halogens is 1. The molecule has 0 spiro atoms. The first-order valence-electron chi connectivity index (χ1n) is 5.54. The number of aromatic nitrogens is 2. The zero-order chi connectivity index (χ0) is 11.7. The summed E-state index contributed by atoms with van der Waals surface area (Å²) >= 11 is 2.27. The van der Waals surface area contributed by atoms with Gasteiger partial charge in [0.15, 0.2) is 0 Å². The van der Waals surface area contributed by atoms with E-state index < -0.39 is 0 Å². The molecule has 17 heavy (non-hydrogen) atoms. The molecule has 1 aliphatic heterocycles. The van der Waals surface area contributed by atoms with E-state index in [0.717, 1.165) is 28.6 Å². The molecule has 2 aromatic rings. The summed E-state index contributed by atoms with van der Waals surface area (Å²) in [6.07, 6.45) is 2.01. The van der Waals surface area contributed by atoms with Crippen molar-refractivity contribution < 1.29 is 9.26 Å². The van der Waals surface area contributed by atoms with Crippen molar-refractivity contribution in [2.24, 2.45) is 0 Å². The van der Waals surface area contributed by atoms with Crippen molar-refractivity contribution in [1.82, 2.24) is 10.1 Å². The van der Waals surface area contributed by atoms with Gasteiger partial charge in [-0.25, -0.2) is 0 Å². The van der Waals surface area contributed by atoms with Crippen LogP contribution in [0.3, 0.4) is 0 Å². The van der Waals surface area contributed by atoms with E-state index in [2.05, 4.69) is 32.7 Å². The van der Waals surface area contributed by atoms with Crippen molar-refractivity contribution in [3.05, 3.63) is 33.7 Å². The van der Waals surface area contributed by atoms with E-state index in [9.17, 15) is 0 Å². The molecule has 1 aromatic carbocycles. The van der Waals surface area contributed by atoms with Crippen LogP contribution in [0.4, 0.5) is 0 Å². The fourth-order valence-corrected chi connectivity index (χ4v) is 2.43. The van der Waals surface area contributed by atoms with Crippen molar-refractivity contribution in [2.75, 3.05) is 6.61 Å². The van der Waals surface area contributed by atoms with E-state index in [-0.39, 0.29) is 6.10 Å². The minimum Gasteiger partial charge on any atom is -0.368 e. The summed E-state index contributed by atoms with van der Waals surface area (Å²) in [5.41, 5.74) is 0.977. The third kappa shape index (κ3) is 2.35. The Hall–Kier alpha value is -0.950. The lowest BCUT2D eigenvalue weighted by Gasteiger charge is -2.00. The van der Waals surface area contributed by atoms with Crippen LogP contribution in [0.1, 0.15) is 24.8 Å². The summed E-state index contributed by atoms with van der Waals surface area (Å²) < 4.78 is 11.9. The zero-order valence-electron chi connectivity index (χ0n) is 9.10. The molecule has 4 nitrogen and oxygen atoms in total. The van der Waals surface area contributed by atoms with Gasteiger partial charge in [-0.05, 0) is 47.6 Å². The highest BCUT2D eigenvalue weighted by molar-refractivity contribution is 14.1. The van der Waals surface area contributed by atoms with Gasteiger partial charge in [0.1, 0.15) is 6.10 Å². The lowest BCUT2D eigenvalue weighted by atomic mass is 10.2. The van der Waals surface area contributed by atoms with Crippen molar-refractivity contribution in [3.8, 4) is 11.4 Å². The molecule has 1 fully saturated rings. The van der Waals surface area contributed by atoms with Crippen LogP contribution in [0.5, 0.6) is 0 Å². The van der Waals surface area contributed by atoms with Crippen LogP contribution < -0.4 is 0 Å². The highest BCUT2D eigenvalue weighted by atomic mass is 127. The molecule has 2 heterocycles. The second-order valence-electron chi connectivity index (χ2n) is 3.97. The van der Waals surface area contributed by atoms with E-state index in [1.165, 1.54) is 0 Å². The van der Waals surface area contributed by atoms with E-state index in [4.69, 9.17) is 9.26 Å². The van der Waals surface area contributed by atoms with Gasteiger partial charge in [0, 0.05) is 15.7 Å². The topological polar surface area (TPSA) is 48.2 Å². The lowest BCUT2D eigenvalue weighted by molar-refractivity contribution is 0.0835. The first kappa shape index (κ1) is 11.2. The van der Waals surface area contributed by atoms with Gasteiger partial charge in [0.25, 0.3) is 5.89 Å². The van der Waals surface area contributed by atoms with E-state index in [0.29, 0.717) is 11.7 Å². The Kier molecular flexibility index (Phi) is 3.11. The Morgan fingerprint density at radius 2 is 2.29 bits per heavy atom. The van der Waals surface area contributed by atoms with E-state index >= 15 is 0 Å². The maximum Gasteiger partial charge on any atom is 0.256 e. The minimum absolute atomic E-state index is 0.0148. The SMILES string of the molecule is Ic1cccc(-c2noc([C@H]3CCCO3)n2)c1. The number of nitrogens with zero attached hydrogens (tertiary/aromatic N) is 2. The molecule has 0 saturated carbocycles. The monoisotopic (exact) mass is 342 g/mol. The van der Waals surface area contributed by atoms with Crippen LogP contribution >= 0.6 is 22.6 Å². The Morgan fingerprint density at radius 3 is 3.06 bits per heavy atom. The zero-order valence-corrected chi connectivity index (χ0v) is 11.3. The molecule has 0 radical (unpaired) electrons. The molecule has 1 aromatic heterocycles. The fourth-order valence-electron chi connectivity index (χ4n) is 1.88. The van der Waals surface area contributed by atoms with Gasteiger partial charge in [-0.1, -0.05) is 17.3 Å². The summed E-state index contributed by atoms with van der Waals surface area (Å²) in [5, 5.41) is 4.00. The maximum atomic E-state index is 5.51. The van der Waals surface area contributed by atoms with Crippen molar-refractivity contribution in [1.29, 1.82) is 0 Å². The summed E-state index contributed by atoms with van der Waals surface area (Å²) in [6.45, 7) is 0.783. The van der Waals surface area contributed by atoms with Gasteiger partial charge in [0.2, 0.25) is 5.82 Å². The number of benzene rings is 1.